The summed E-state index contributed by atoms with van der Waals surface area (Å²) >= 11 is 0. The van der Waals surface area contributed by atoms with Gasteiger partial charge in [0.25, 0.3) is 0 Å². The van der Waals surface area contributed by atoms with E-state index >= 15 is 0 Å². The van der Waals surface area contributed by atoms with Crippen molar-refractivity contribution in [1.29, 1.82) is 0 Å². The Kier molecular flexibility index (Phi) is 5.51. The maximum absolute atomic E-state index is 13.8. The fraction of sp³-hybridized carbons (Fsp3) is 0.286. The van der Waals surface area contributed by atoms with E-state index in [-0.39, 0.29) is 25.0 Å². The molecule has 156 valence electrons. The molecule has 1 saturated heterocycles. The van der Waals surface area contributed by atoms with Gasteiger partial charge in [-0.2, -0.15) is 0 Å². The maximum Gasteiger partial charge on any atom is 0.407 e. The average molecular weight is 412 g/mol. The van der Waals surface area contributed by atoms with Gasteiger partial charge in [-0.15, -0.1) is 0 Å². The second kappa shape index (κ2) is 8.40. The minimum atomic E-state index is -0.980. The molecule has 2 N–H and O–H groups in total. The number of aromatic nitrogens is 2. The van der Waals surface area contributed by atoms with Crippen LogP contribution in [0.15, 0.2) is 48.5 Å². The first kappa shape index (κ1) is 19.7. The molecule has 0 unspecified atom stereocenters. The minimum absolute atomic E-state index is 0.118. The van der Waals surface area contributed by atoms with Crippen molar-refractivity contribution in [2.24, 2.45) is 0 Å². The number of carbonyl (C=O) groups excluding carboxylic acids is 1. The summed E-state index contributed by atoms with van der Waals surface area (Å²) in [7, 11) is 0. The van der Waals surface area contributed by atoms with Gasteiger partial charge in [0.05, 0.1) is 17.1 Å². The summed E-state index contributed by atoms with van der Waals surface area (Å²) in [6.45, 7) is 1.10. The molecule has 30 heavy (non-hydrogen) atoms. The Bertz CT molecular complexity index is 1060. The van der Waals surface area contributed by atoms with Crippen molar-refractivity contribution in [3.05, 3.63) is 65.7 Å². The van der Waals surface area contributed by atoms with Gasteiger partial charge in [-0.1, -0.05) is 30.3 Å². The first-order valence-corrected chi connectivity index (χ1v) is 9.60. The highest BCUT2D eigenvalue weighted by Crippen LogP contribution is 2.28. The molecule has 4 rings (SSSR count). The van der Waals surface area contributed by atoms with E-state index in [9.17, 15) is 14.0 Å². The summed E-state index contributed by atoms with van der Waals surface area (Å²) < 4.78 is 20.8. The van der Waals surface area contributed by atoms with E-state index in [0.717, 1.165) is 5.56 Å². The Morgan fingerprint density at radius 3 is 2.70 bits per heavy atom. The zero-order chi connectivity index (χ0) is 21.1. The number of carboxylic acid groups (broad SMARTS) is 1. The second-order valence-corrected chi connectivity index (χ2v) is 7.11. The van der Waals surface area contributed by atoms with Crippen molar-refractivity contribution >= 4 is 23.2 Å². The summed E-state index contributed by atoms with van der Waals surface area (Å²) in [5.74, 6) is 0.279. The highest BCUT2D eigenvalue weighted by Gasteiger charge is 2.34. The smallest absolute Gasteiger partial charge is 0.407 e. The van der Waals surface area contributed by atoms with Crippen LogP contribution in [0.5, 0.6) is 0 Å². The topological polar surface area (TPSA) is 96.7 Å². The fourth-order valence-electron chi connectivity index (χ4n) is 3.53. The Labute approximate surface area is 171 Å². The Morgan fingerprint density at radius 2 is 1.97 bits per heavy atom. The monoisotopic (exact) mass is 412 g/mol. The number of amides is 2. The zero-order valence-corrected chi connectivity index (χ0v) is 16.1. The van der Waals surface area contributed by atoms with Crippen molar-refractivity contribution in [1.82, 2.24) is 19.8 Å². The number of ether oxygens (including phenoxy) is 1. The SMILES string of the molecule is O=C(NCCc1nc2ccc(F)cc2n1C1CN(C(=O)O)C1)OCc1ccccc1. The van der Waals surface area contributed by atoms with Crippen molar-refractivity contribution in [2.45, 2.75) is 19.1 Å². The predicted molar refractivity (Wildman–Crippen MR) is 107 cm³/mol. The van der Waals surface area contributed by atoms with Crippen molar-refractivity contribution in [3.63, 3.8) is 0 Å². The molecular weight excluding hydrogens is 391 g/mol. The van der Waals surface area contributed by atoms with E-state index in [1.165, 1.54) is 17.0 Å². The van der Waals surface area contributed by atoms with Gasteiger partial charge in [-0.25, -0.2) is 19.0 Å². The van der Waals surface area contributed by atoms with Gasteiger partial charge in [0.1, 0.15) is 18.2 Å². The number of halogens is 1. The van der Waals surface area contributed by atoms with Crippen molar-refractivity contribution in [3.8, 4) is 0 Å². The van der Waals surface area contributed by atoms with Crippen LogP contribution in [0.4, 0.5) is 14.0 Å². The largest absolute Gasteiger partial charge is 0.465 e. The predicted octanol–water partition coefficient (Wildman–Crippen LogP) is 3.18. The van der Waals surface area contributed by atoms with E-state index in [1.54, 1.807) is 6.07 Å². The van der Waals surface area contributed by atoms with Gasteiger partial charge >= 0.3 is 12.2 Å². The molecule has 2 heterocycles. The second-order valence-electron chi connectivity index (χ2n) is 7.11. The lowest BCUT2D eigenvalue weighted by Gasteiger charge is -2.38. The molecule has 2 aromatic carbocycles. The number of fused-ring (bicyclic) bond motifs is 1. The molecule has 2 amide bonds. The lowest BCUT2D eigenvalue weighted by molar-refractivity contribution is 0.0858. The van der Waals surface area contributed by atoms with Gasteiger partial charge in [0, 0.05) is 26.1 Å². The van der Waals surface area contributed by atoms with Gasteiger partial charge < -0.3 is 24.6 Å². The quantitative estimate of drug-likeness (QED) is 0.648. The van der Waals surface area contributed by atoms with Crippen LogP contribution >= 0.6 is 0 Å². The molecule has 0 bridgehead atoms. The number of carbonyl (C=O) groups is 2. The summed E-state index contributed by atoms with van der Waals surface area (Å²) in [6, 6.07) is 13.6. The number of nitrogens with zero attached hydrogens (tertiary/aromatic N) is 3. The normalized spacial score (nSPS) is 13.8. The summed E-state index contributed by atoms with van der Waals surface area (Å²) in [5.41, 5.74) is 2.14. The maximum atomic E-state index is 13.8. The number of alkyl carbamates (subject to hydrolysis) is 1. The number of imidazole rings is 1. The molecule has 8 nitrogen and oxygen atoms in total. The number of benzene rings is 2. The third-order valence-corrected chi connectivity index (χ3v) is 5.05. The van der Waals surface area contributed by atoms with E-state index in [4.69, 9.17) is 9.84 Å². The molecule has 0 saturated carbocycles. The van der Waals surface area contributed by atoms with Crippen molar-refractivity contribution < 1.29 is 23.8 Å². The summed E-state index contributed by atoms with van der Waals surface area (Å²) in [6.07, 6.45) is -1.11. The molecule has 0 radical (unpaired) electrons. The summed E-state index contributed by atoms with van der Waals surface area (Å²) in [4.78, 5) is 28.9. The molecule has 1 fully saturated rings. The Balaban J connectivity index is 1.40. The molecule has 1 aromatic heterocycles. The number of nitrogens with one attached hydrogen (secondary N) is 1. The van der Waals surface area contributed by atoms with E-state index in [2.05, 4.69) is 10.3 Å². The fourth-order valence-corrected chi connectivity index (χ4v) is 3.53. The van der Waals surface area contributed by atoms with Gasteiger partial charge in [0.2, 0.25) is 0 Å². The molecule has 3 aromatic rings. The van der Waals surface area contributed by atoms with Gasteiger partial charge in [-0.3, -0.25) is 0 Å². The molecule has 9 heteroatoms. The average Bonchev–Trinajstić information content (AvgIpc) is 3.03. The van der Waals surface area contributed by atoms with Crippen LogP contribution in [0, 0.1) is 5.82 Å². The Hall–Kier alpha value is -3.62. The van der Waals surface area contributed by atoms with Crippen molar-refractivity contribution in [2.75, 3.05) is 19.6 Å². The van der Waals surface area contributed by atoms with Crippen LogP contribution in [0.2, 0.25) is 0 Å². The molecule has 0 aliphatic carbocycles. The third kappa shape index (κ3) is 4.19. The highest BCUT2D eigenvalue weighted by molar-refractivity contribution is 5.77. The van der Waals surface area contributed by atoms with Crippen LogP contribution in [0.25, 0.3) is 11.0 Å². The van der Waals surface area contributed by atoms with E-state index in [1.807, 2.05) is 34.9 Å². The van der Waals surface area contributed by atoms with Crippen LogP contribution in [-0.2, 0) is 17.8 Å². The number of likely N-dealkylation sites (tertiary alicyclic amines) is 1. The lowest BCUT2D eigenvalue weighted by Crippen LogP contribution is -2.50. The summed E-state index contributed by atoms with van der Waals surface area (Å²) in [5, 5.41) is 11.8. The van der Waals surface area contributed by atoms with Crippen LogP contribution in [0.3, 0.4) is 0 Å². The number of hydrogen-bond acceptors (Lipinski definition) is 4. The molecule has 1 aliphatic heterocycles. The van der Waals surface area contributed by atoms with E-state index < -0.39 is 12.2 Å². The number of rotatable bonds is 6. The minimum Gasteiger partial charge on any atom is -0.465 e. The first-order valence-electron chi connectivity index (χ1n) is 9.60. The van der Waals surface area contributed by atoms with E-state index in [0.29, 0.717) is 36.4 Å². The Morgan fingerprint density at radius 1 is 1.20 bits per heavy atom. The third-order valence-electron chi connectivity index (χ3n) is 5.05. The number of hydrogen-bond donors (Lipinski definition) is 2. The highest BCUT2D eigenvalue weighted by atomic mass is 19.1. The van der Waals surface area contributed by atoms with Gasteiger partial charge in [-0.05, 0) is 23.8 Å². The van der Waals surface area contributed by atoms with Crippen LogP contribution < -0.4 is 5.32 Å². The van der Waals surface area contributed by atoms with Crippen LogP contribution in [-0.4, -0.2) is 51.4 Å². The first-order chi connectivity index (χ1) is 14.5. The van der Waals surface area contributed by atoms with Gasteiger partial charge in [0.15, 0.2) is 0 Å². The molecule has 0 spiro atoms. The molecule has 0 atom stereocenters. The molecular formula is C21H21FN4O4. The molecule has 1 aliphatic rings. The van der Waals surface area contributed by atoms with Crippen LogP contribution in [0.1, 0.15) is 17.4 Å². The zero-order valence-electron chi connectivity index (χ0n) is 16.1. The standard InChI is InChI=1S/C21H21FN4O4/c22-15-6-7-17-18(10-15)26(16-11-25(12-16)21(28)29)19(24-17)8-9-23-20(27)30-13-14-4-2-1-3-5-14/h1-7,10,16H,8-9,11-13H2,(H,23,27)(H,28,29). The lowest BCUT2D eigenvalue weighted by atomic mass is 10.1.